The Morgan fingerprint density at radius 2 is 1.81 bits per heavy atom. The van der Waals surface area contributed by atoms with E-state index >= 15 is 0 Å². The van der Waals surface area contributed by atoms with E-state index in [-0.39, 0.29) is 18.1 Å². The van der Waals surface area contributed by atoms with Crippen LogP contribution in [0.25, 0.3) is 10.8 Å². The van der Waals surface area contributed by atoms with Gasteiger partial charge in [0.15, 0.2) is 6.61 Å². The third-order valence-electron chi connectivity index (χ3n) is 4.45. The van der Waals surface area contributed by atoms with E-state index in [1.54, 1.807) is 29.0 Å². The highest BCUT2D eigenvalue weighted by atomic mass is 16.5. The molecule has 0 aliphatic rings. The Hall–Kier alpha value is -3.08. The fraction of sp³-hybridized carbons (Fsp3) is 0.273. The molecule has 2 aromatic carbocycles. The predicted molar refractivity (Wildman–Crippen MR) is 108 cm³/mol. The van der Waals surface area contributed by atoms with Crippen LogP contribution in [0, 0.1) is 0 Å². The minimum absolute atomic E-state index is 0.0414. The van der Waals surface area contributed by atoms with E-state index < -0.39 is 0 Å². The maximum absolute atomic E-state index is 12.5. The molecule has 0 unspecified atom stereocenters. The van der Waals surface area contributed by atoms with Crippen LogP contribution in [0.2, 0.25) is 0 Å². The summed E-state index contributed by atoms with van der Waals surface area (Å²) in [5, 5.41) is 4.13. The lowest BCUT2D eigenvalue weighted by Crippen LogP contribution is -2.21. The van der Waals surface area contributed by atoms with Gasteiger partial charge in [-0.25, -0.2) is 0 Å². The van der Waals surface area contributed by atoms with Crippen molar-refractivity contribution >= 4 is 22.4 Å². The Kier molecular flexibility index (Phi) is 5.91. The number of ether oxygens (including phenoxy) is 1. The molecule has 0 radical (unpaired) electrons. The molecular formula is C22H24N2O3. The Bertz CT molecular complexity index is 991. The zero-order chi connectivity index (χ0) is 19.2. The molecular weight excluding hydrogens is 340 g/mol. The van der Waals surface area contributed by atoms with E-state index in [1.807, 2.05) is 37.3 Å². The second-order valence-corrected chi connectivity index (χ2v) is 6.42. The third-order valence-corrected chi connectivity index (χ3v) is 4.45. The normalized spacial score (nSPS) is 10.7. The molecule has 3 aromatic rings. The number of nitrogens with zero attached hydrogens (tertiary/aromatic N) is 1. The number of aryl methyl sites for hydroxylation is 2. The summed E-state index contributed by atoms with van der Waals surface area (Å²) >= 11 is 0. The summed E-state index contributed by atoms with van der Waals surface area (Å²) in [6.45, 7) is 4.68. The van der Waals surface area contributed by atoms with Gasteiger partial charge in [0, 0.05) is 23.8 Å². The first kappa shape index (κ1) is 18.7. The van der Waals surface area contributed by atoms with Crippen LogP contribution in [0.3, 0.4) is 0 Å². The molecule has 0 aliphatic carbocycles. The van der Waals surface area contributed by atoms with E-state index in [0.29, 0.717) is 17.7 Å². The van der Waals surface area contributed by atoms with Gasteiger partial charge in [0.05, 0.1) is 5.39 Å². The van der Waals surface area contributed by atoms with Crippen molar-refractivity contribution in [3.63, 3.8) is 0 Å². The number of amides is 1. The maximum Gasteiger partial charge on any atom is 0.262 e. The molecule has 0 saturated carbocycles. The van der Waals surface area contributed by atoms with E-state index in [4.69, 9.17) is 4.74 Å². The second kappa shape index (κ2) is 8.54. The number of nitrogens with one attached hydrogen (secondary N) is 1. The summed E-state index contributed by atoms with van der Waals surface area (Å²) in [5.41, 5.74) is 1.91. The van der Waals surface area contributed by atoms with Crippen molar-refractivity contribution in [2.24, 2.45) is 0 Å². The van der Waals surface area contributed by atoms with Gasteiger partial charge in [0.2, 0.25) is 0 Å². The number of hydrogen-bond acceptors (Lipinski definition) is 3. The molecule has 0 saturated heterocycles. The molecule has 0 spiro atoms. The van der Waals surface area contributed by atoms with Crippen LogP contribution < -0.4 is 15.6 Å². The van der Waals surface area contributed by atoms with Crippen LogP contribution in [0.15, 0.2) is 59.5 Å². The van der Waals surface area contributed by atoms with Crippen molar-refractivity contribution in [3.8, 4) is 5.75 Å². The van der Waals surface area contributed by atoms with Gasteiger partial charge in [0.25, 0.3) is 11.5 Å². The first-order valence-corrected chi connectivity index (χ1v) is 9.26. The molecule has 1 N–H and O–H groups in total. The molecule has 1 aromatic heterocycles. The molecule has 27 heavy (non-hydrogen) atoms. The second-order valence-electron chi connectivity index (χ2n) is 6.42. The van der Waals surface area contributed by atoms with E-state index in [1.165, 1.54) is 5.56 Å². The van der Waals surface area contributed by atoms with Crippen LogP contribution in [-0.4, -0.2) is 17.1 Å². The molecule has 0 aliphatic heterocycles. The van der Waals surface area contributed by atoms with Crippen LogP contribution in [0.1, 0.15) is 25.8 Å². The highest BCUT2D eigenvalue weighted by molar-refractivity contribution is 5.92. The number of pyridine rings is 1. The standard InChI is InChI=1S/C22H24N2O3/c1-3-13-24-14-12-18-19(22(24)26)6-5-7-20(18)27-15-21(25)23-17-10-8-16(4-2)9-11-17/h5-12,14H,3-4,13,15H2,1-2H3,(H,23,25). The lowest BCUT2D eigenvalue weighted by Gasteiger charge is -2.11. The lowest BCUT2D eigenvalue weighted by atomic mass is 10.1. The van der Waals surface area contributed by atoms with Crippen LogP contribution >= 0.6 is 0 Å². The minimum Gasteiger partial charge on any atom is -0.483 e. The van der Waals surface area contributed by atoms with Crippen molar-refractivity contribution in [3.05, 3.63) is 70.6 Å². The van der Waals surface area contributed by atoms with Gasteiger partial charge < -0.3 is 14.6 Å². The molecule has 0 bridgehead atoms. The highest BCUT2D eigenvalue weighted by Crippen LogP contribution is 2.23. The smallest absolute Gasteiger partial charge is 0.262 e. The number of carbonyl (C=O) groups excluding carboxylic acids is 1. The Morgan fingerprint density at radius 1 is 1.04 bits per heavy atom. The molecule has 0 fully saturated rings. The van der Waals surface area contributed by atoms with Gasteiger partial charge in [0.1, 0.15) is 5.75 Å². The quantitative estimate of drug-likeness (QED) is 0.689. The largest absolute Gasteiger partial charge is 0.483 e. The van der Waals surface area contributed by atoms with E-state index in [0.717, 1.165) is 23.9 Å². The Morgan fingerprint density at radius 3 is 2.52 bits per heavy atom. The van der Waals surface area contributed by atoms with Crippen LogP contribution in [0.4, 0.5) is 5.69 Å². The summed E-state index contributed by atoms with van der Waals surface area (Å²) in [6, 6.07) is 14.9. The average molecular weight is 364 g/mol. The zero-order valence-corrected chi connectivity index (χ0v) is 15.7. The first-order valence-electron chi connectivity index (χ1n) is 9.26. The summed E-state index contributed by atoms with van der Waals surface area (Å²) in [4.78, 5) is 24.7. The average Bonchev–Trinajstić information content (AvgIpc) is 2.69. The summed E-state index contributed by atoms with van der Waals surface area (Å²) in [5.74, 6) is 0.292. The number of benzene rings is 2. The summed E-state index contributed by atoms with van der Waals surface area (Å²) < 4.78 is 7.39. The molecule has 0 atom stereocenters. The molecule has 3 rings (SSSR count). The SMILES string of the molecule is CCCn1ccc2c(OCC(=O)Nc3ccc(CC)cc3)cccc2c1=O. The van der Waals surface area contributed by atoms with Crippen molar-refractivity contribution < 1.29 is 9.53 Å². The Balaban J connectivity index is 1.71. The van der Waals surface area contributed by atoms with Gasteiger partial charge in [-0.1, -0.05) is 32.0 Å². The molecule has 1 amide bonds. The maximum atomic E-state index is 12.5. The van der Waals surface area contributed by atoms with E-state index in [9.17, 15) is 9.59 Å². The highest BCUT2D eigenvalue weighted by Gasteiger charge is 2.09. The fourth-order valence-corrected chi connectivity index (χ4v) is 3.00. The number of anilines is 1. The van der Waals surface area contributed by atoms with E-state index in [2.05, 4.69) is 12.2 Å². The lowest BCUT2D eigenvalue weighted by molar-refractivity contribution is -0.118. The van der Waals surface area contributed by atoms with Gasteiger partial charge >= 0.3 is 0 Å². The van der Waals surface area contributed by atoms with Gasteiger partial charge in [-0.2, -0.15) is 0 Å². The third kappa shape index (κ3) is 4.37. The van der Waals surface area contributed by atoms with Crippen molar-refractivity contribution in [2.75, 3.05) is 11.9 Å². The van der Waals surface area contributed by atoms with Gasteiger partial charge in [-0.15, -0.1) is 0 Å². The fourth-order valence-electron chi connectivity index (χ4n) is 3.00. The van der Waals surface area contributed by atoms with Gasteiger partial charge in [-0.05, 0) is 48.7 Å². The molecule has 5 heteroatoms. The monoisotopic (exact) mass is 364 g/mol. The zero-order valence-electron chi connectivity index (χ0n) is 15.7. The minimum atomic E-state index is -0.240. The van der Waals surface area contributed by atoms with Crippen molar-refractivity contribution in [2.45, 2.75) is 33.2 Å². The number of rotatable bonds is 7. The topological polar surface area (TPSA) is 60.3 Å². The summed E-state index contributed by atoms with van der Waals surface area (Å²) in [7, 11) is 0. The van der Waals surface area contributed by atoms with Crippen molar-refractivity contribution in [1.82, 2.24) is 4.57 Å². The van der Waals surface area contributed by atoms with Crippen LogP contribution in [-0.2, 0) is 17.8 Å². The molecule has 5 nitrogen and oxygen atoms in total. The van der Waals surface area contributed by atoms with Crippen LogP contribution in [0.5, 0.6) is 5.75 Å². The predicted octanol–water partition coefficient (Wildman–Crippen LogP) is 3.99. The Labute approximate surface area is 158 Å². The first-order chi connectivity index (χ1) is 13.1. The number of aromatic nitrogens is 1. The summed E-state index contributed by atoms with van der Waals surface area (Å²) in [6.07, 6.45) is 3.62. The number of fused-ring (bicyclic) bond motifs is 1. The van der Waals surface area contributed by atoms with Gasteiger partial charge in [-0.3, -0.25) is 9.59 Å². The number of hydrogen-bond donors (Lipinski definition) is 1. The number of carbonyl (C=O) groups is 1. The van der Waals surface area contributed by atoms with Crippen molar-refractivity contribution in [1.29, 1.82) is 0 Å². The molecule has 1 heterocycles. The molecule has 140 valence electrons.